The van der Waals surface area contributed by atoms with E-state index in [9.17, 15) is 4.79 Å². The van der Waals surface area contributed by atoms with Gasteiger partial charge < -0.3 is 15.4 Å². The molecule has 1 N–H and O–H groups in total. The predicted molar refractivity (Wildman–Crippen MR) is 47.9 cm³/mol. The molecule has 13 heavy (non-hydrogen) atoms. The standard InChI is InChI=1S/C7H8ClN3O.Y/c1-9-6-3-10-7(8)2-5(6)11-4-12;/h2-4,9H,1H3,(H,10,11,12);/p-1. The Kier molecular flexibility index (Phi) is 6.21. The van der Waals surface area contributed by atoms with Crippen molar-refractivity contribution in [1.29, 1.82) is 0 Å². The molecule has 67 valence electrons. The molecule has 0 saturated heterocycles. The van der Waals surface area contributed by atoms with E-state index in [4.69, 9.17) is 11.6 Å². The first-order valence-corrected chi connectivity index (χ1v) is 3.63. The fourth-order valence-electron chi connectivity index (χ4n) is 0.776. The molecule has 0 saturated carbocycles. The van der Waals surface area contributed by atoms with Crippen LogP contribution in [0.3, 0.4) is 0 Å². The van der Waals surface area contributed by atoms with Crippen molar-refractivity contribution >= 4 is 29.4 Å². The molecule has 4 nitrogen and oxygen atoms in total. The van der Waals surface area contributed by atoms with E-state index in [-0.39, 0.29) is 32.7 Å². The minimum Gasteiger partial charge on any atom is -0.628 e. The number of hydrogen-bond acceptors (Lipinski definition) is 3. The molecule has 0 atom stereocenters. The number of hydrogen-bond donors (Lipinski definition) is 1. The van der Waals surface area contributed by atoms with Gasteiger partial charge in [-0.15, -0.1) is 5.69 Å². The second kappa shape index (κ2) is 6.30. The quantitative estimate of drug-likeness (QED) is 0.676. The van der Waals surface area contributed by atoms with E-state index in [1.54, 1.807) is 7.05 Å². The normalized spacial score (nSPS) is 8.46. The van der Waals surface area contributed by atoms with Crippen LogP contribution in [0.2, 0.25) is 5.15 Å². The van der Waals surface area contributed by atoms with Crippen molar-refractivity contribution in [3.63, 3.8) is 0 Å². The summed E-state index contributed by atoms with van der Waals surface area (Å²) < 4.78 is 0. The number of rotatable bonds is 3. The minimum absolute atomic E-state index is 0. The Labute approximate surface area is 106 Å². The Balaban J connectivity index is 0.00000144. The molecule has 0 aromatic carbocycles. The summed E-state index contributed by atoms with van der Waals surface area (Å²) in [6.07, 6.45) is 1.98. The van der Waals surface area contributed by atoms with Gasteiger partial charge in [0.25, 0.3) is 0 Å². The van der Waals surface area contributed by atoms with Gasteiger partial charge in [-0.3, -0.25) is 0 Å². The van der Waals surface area contributed by atoms with Gasteiger partial charge in [-0.05, 0) is 6.07 Å². The van der Waals surface area contributed by atoms with Crippen molar-refractivity contribution in [2.75, 3.05) is 12.4 Å². The summed E-state index contributed by atoms with van der Waals surface area (Å²) in [6, 6.07) is 1.52. The van der Waals surface area contributed by atoms with Crippen LogP contribution in [0.5, 0.6) is 0 Å². The summed E-state index contributed by atoms with van der Waals surface area (Å²) in [6.45, 7) is 0. The van der Waals surface area contributed by atoms with Gasteiger partial charge in [-0.25, -0.2) is 4.98 Å². The smallest absolute Gasteiger partial charge is 0.127 e. The molecule has 0 unspecified atom stereocenters. The van der Waals surface area contributed by atoms with Crippen LogP contribution >= 0.6 is 11.6 Å². The number of pyridine rings is 1. The summed E-state index contributed by atoms with van der Waals surface area (Å²) in [5, 5.41) is 6.72. The average molecular weight is 274 g/mol. The second-order valence-corrected chi connectivity index (χ2v) is 2.40. The molecule has 0 bridgehead atoms. The summed E-state index contributed by atoms with van der Waals surface area (Å²) in [5.41, 5.74) is 1.17. The van der Waals surface area contributed by atoms with Crippen LogP contribution in [0, 0.1) is 0 Å². The monoisotopic (exact) mass is 273 g/mol. The van der Waals surface area contributed by atoms with E-state index in [0.29, 0.717) is 22.9 Å². The Morgan fingerprint density at radius 1 is 1.69 bits per heavy atom. The average Bonchev–Trinajstić information content (AvgIpc) is 2.05. The zero-order valence-electron chi connectivity index (χ0n) is 6.99. The van der Waals surface area contributed by atoms with Gasteiger partial charge in [0.05, 0.1) is 6.20 Å². The summed E-state index contributed by atoms with van der Waals surface area (Å²) in [4.78, 5) is 13.9. The van der Waals surface area contributed by atoms with E-state index < -0.39 is 0 Å². The molecular weight excluding hydrogens is 266 g/mol. The van der Waals surface area contributed by atoms with E-state index >= 15 is 0 Å². The molecule has 0 aliphatic carbocycles. The Bertz CT molecular complexity index is 295. The maximum absolute atomic E-state index is 10.1. The largest absolute Gasteiger partial charge is 0.628 e. The van der Waals surface area contributed by atoms with Gasteiger partial charge >= 0.3 is 0 Å². The first-order valence-electron chi connectivity index (χ1n) is 3.25. The van der Waals surface area contributed by atoms with Crippen molar-refractivity contribution in [3.8, 4) is 0 Å². The third-order valence-corrected chi connectivity index (χ3v) is 1.52. The van der Waals surface area contributed by atoms with Gasteiger partial charge in [0.15, 0.2) is 0 Å². The number of amides is 1. The van der Waals surface area contributed by atoms with Crippen LogP contribution in [-0.2, 0) is 37.5 Å². The van der Waals surface area contributed by atoms with Crippen LogP contribution in [0.4, 0.5) is 11.4 Å². The molecule has 6 heteroatoms. The second-order valence-electron chi connectivity index (χ2n) is 2.01. The summed E-state index contributed by atoms with van der Waals surface area (Å²) in [7, 11) is 1.72. The molecule has 0 spiro atoms. The van der Waals surface area contributed by atoms with Crippen LogP contribution in [0.15, 0.2) is 12.3 Å². The Morgan fingerprint density at radius 2 is 2.38 bits per heavy atom. The molecule has 1 aromatic heterocycles. The molecule has 0 fully saturated rings. The predicted octanol–water partition coefficient (Wildman–Crippen LogP) is 1.94. The number of nitrogens with zero attached hydrogens (tertiary/aromatic N) is 2. The fourth-order valence-corrected chi connectivity index (χ4v) is 0.929. The van der Waals surface area contributed by atoms with Gasteiger partial charge in [-0.2, -0.15) is 0 Å². The van der Waals surface area contributed by atoms with E-state index in [2.05, 4.69) is 15.6 Å². The number of nitrogens with one attached hydrogen (secondary N) is 1. The van der Waals surface area contributed by atoms with E-state index in [1.165, 1.54) is 12.3 Å². The minimum atomic E-state index is 0. The van der Waals surface area contributed by atoms with Gasteiger partial charge in [0, 0.05) is 51.9 Å². The van der Waals surface area contributed by atoms with Crippen LogP contribution in [0.25, 0.3) is 5.32 Å². The molecule has 1 amide bonds. The van der Waals surface area contributed by atoms with Crippen molar-refractivity contribution in [2.24, 2.45) is 0 Å². The number of anilines is 1. The van der Waals surface area contributed by atoms with Crippen molar-refractivity contribution in [2.45, 2.75) is 0 Å². The zero-order chi connectivity index (χ0) is 8.97. The first kappa shape index (κ1) is 12.8. The van der Waals surface area contributed by atoms with Gasteiger partial charge in [0.2, 0.25) is 0 Å². The fraction of sp³-hybridized carbons (Fsp3) is 0.143. The molecule has 1 radical (unpaired) electrons. The Morgan fingerprint density at radius 3 is 2.92 bits per heavy atom. The van der Waals surface area contributed by atoms with Crippen LogP contribution in [0.1, 0.15) is 0 Å². The maximum Gasteiger partial charge on any atom is 0.127 e. The number of halogens is 1. The summed E-state index contributed by atoms with van der Waals surface area (Å²) >= 11 is 5.59. The van der Waals surface area contributed by atoms with Crippen molar-refractivity contribution in [3.05, 3.63) is 22.7 Å². The van der Waals surface area contributed by atoms with Crippen LogP contribution < -0.4 is 5.32 Å². The van der Waals surface area contributed by atoms with E-state index in [0.717, 1.165) is 0 Å². The third-order valence-electron chi connectivity index (χ3n) is 1.31. The topological polar surface area (TPSA) is 56.1 Å². The van der Waals surface area contributed by atoms with Gasteiger partial charge in [0.1, 0.15) is 5.15 Å². The SMILES string of the molecule is CNc1cnc(Cl)cc1[N-]C=O.[Y]. The first-order chi connectivity index (χ1) is 5.77. The molecule has 1 aromatic rings. The van der Waals surface area contributed by atoms with Crippen LogP contribution in [-0.4, -0.2) is 18.4 Å². The summed E-state index contributed by atoms with van der Waals surface area (Å²) in [5.74, 6) is 0. The molecule has 1 heterocycles. The Hall–Kier alpha value is -0.186. The number of carbonyl (C=O) groups excluding carboxylic acids is 1. The third kappa shape index (κ3) is 3.59. The molecule has 0 aliphatic rings. The molecule has 1 rings (SSSR count). The zero-order valence-corrected chi connectivity index (χ0v) is 10.6. The number of aromatic nitrogens is 1. The van der Waals surface area contributed by atoms with Gasteiger partial charge in [-0.1, -0.05) is 11.6 Å². The molecule has 0 aliphatic heterocycles. The maximum atomic E-state index is 10.1. The number of carbonyl (C=O) groups is 1. The van der Waals surface area contributed by atoms with Crippen molar-refractivity contribution < 1.29 is 37.5 Å². The molecular formula is C7H7ClN3OY-. The van der Waals surface area contributed by atoms with E-state index in [1.807, 2.05) is 0 Å². The van der Waals surface area contributed by atoms with Crippen molar-refractivity contribution in [1.82, 2.24) is 4.98 Å².